The number of aliphatic hydroxyl groups is 1. The highest BCUT2D eigenvalue weighted by Gasteiger charge is 2.63. The highest BCUT2D eigenvalue weighted by atomic mass is 19.3. The van der Waals surface area contributed by atoms with Gasteiger partial charge < -0.3 is 19.3 Å². The molecular formula is C19H16F2O6. The number of hydrogen-bond acceptors (Lipinski definition) is 6. The van der Waals surface area contributed by atoms with E-state index in [9.17, 15) is 23.5 Å². The van der Waals surface area contributed by atoms with Crippen LogP contribution in [0.15, 0.2) is 60.7 Å². The van der Waals surface area contributed by atoms with Crippen LogP contribution in [-0.4, -0.2) is 48.1 Å². The summed E-state index contributed by atoms with van der Waals surface area (Å²) in [7, 11) is 0. The Labute approximate surface area is 153 Å². The van der Waals surface area contributed by atoms with Crippen LogP contribution < -0.4 is 0 Å². The molecule has 0 aliphatic carbocycles. The minimum Gasteiger partial charge on any atom is -0.449 e. The number of hydrogen-bond donors (Lipinski definition) is 1. The van der Waals surface area contributed by atoms with E-state index in [1.165, 1.54) is 24.3 Å². The van der Waals surface area contributed by atoms with E-state index < -0.39 is 43.0 Å². The van der Waals surface area contributed by atoms with Gasteiger partial charge in [0, 0.05) is 0 Å². The molecule has 1 saturated heterocycles. The fourth-order valence-electron chi connectivity index (χ4n) is 2.60. The van der Waals surface area contributed by atoms with E-state index in [4.69, 9.17) is 14.2 Å². The Balaban J connectivity index is 1.75. The van der Waals surface area contributed by atoms with Crippen LogP contribution >= 0.6 is 0 Å². The maximum atomic E-state index is 14.7. The standard InChI is InChI=1S/C19H16F2O6/c20-19(21)15(26-16(23)12-7-3-1-4-8-12)14(11-22)25-18(19)27-17(24)13-9-5-2-6-10-13/h1-10,14-15,18,22H,11H2. The third-order valence-electron chi connectivity index (χ3n) is 3.98. The number of rotatable bonds is 5. The topological polar surface area (TPSA) is 82.1 Å². The van der Waals surface area contributed by atoms with Crippen LogP contribution in [0.5, 0.6) is 0 Å². The van der Waals surface area contributed by atoms with Crippen molar-refractivity contribution in [3.8, 4) is 0 Å². The Morgan fingerprint density at radius 2 is 1.41 bits per heavy atom. The first-order valence-corrected chi connectivity index (χ1v) is 8.09. The van der Waals surface area contributed by atoms with E-state index in [0.29, 0.717) is 0 Å². The predicted octanol–water partition coefficient (Wildman–Crippen LogP) is 2.42. The van der Waals surface area contributed by atoms with E-state index in [1.54, 1.807) is 36.4 Å². The zero-order valence-electron chi connectivity index (χ0n) is 14.0. The third kappa shape index (κ3) is 3.96. The number of carbonyl (C=O) groups is 2. The van der Waals surface area contributed by atoms with Crippen LogP contribution in [0.1, 0.15) is 20.7 Å². The Kier molecular flexibility index (Phi) is 5.48. The Morgan fingerprint density at radius 3 is 1.89 bits per heavy atom. The SMILES string of the molecule is O=C(OC1OC(CO)C(OC(=O)c2ccccc2)C1(F)F)c1ccccc1. The molecule has 0 spiro atoms. The summed E-state index contributed by atoms with van der Waals surface area (Å²) in [5.41, 5.74) is 0.122. The van der Waals surface area contributed by atoms with Crippen LogP contribution in [0.4, 0.5) is 8.78 Å². The van der Waals surface area contributed by atoms with Gasteiger partial charge in [0.15, 0.2) is 0 Å². The molecule has 8 heteroatoms. The molecule has 3 atom stereocenters. The summed E-state index contributed by atoms with van der Waals surface area (Å²) in [5, 5.41) is 9.33. The van der Waals surface area contributed by atoms with Crippen LogP contribution in [0.25, 0.3) is 0 Å². The van der Waals surface area contributed by atoms with Crippen molar-refractivity contribution in [1.29, 1.82) is 0 Å². The van der Waals surface area contributed by atoms with Gasteiger partial charge in [-0.25, -0.2) is 9.59 Å². The van der Waals surface area contributed by atoms with Gasteiger partial charge in [-0.1, -0.05) is 36.4 Å². The number of halogens is 2. The predicted molar refractivity (Wildman–Crippen MR) is 88.2 cm³/mol. The lowest BCUT2D eigenvalue weighted by molar-refractivity contribution is -0.200. The van der Waals surface area contributed by atoms with Gasteiger partial charge in [0.25, 0.3) is 6.29 Å². The van der Waals surface area contributed by atoms with Crippen molar-refractivity contribution in [2.24, 2.45) is 0 Å². The lowest BCUT2D eigenvalue weighted by atomic mass is 10.1. The van der Waals surface area contributed by atoms with Gasteiger partial charge in [-0.15, -0.1) is 0 Å². The Morgan fingerprint density at radius 1 is 0.926 bits per heavy atom. The van der Waals surface area contributed by atoms with Gasteiger partial charge >= 0.3 is 17.9 Å². The van der Waals surface area contributed by atoms with Crippen molar-refractivity contribution in [2.45, 2.75) is 24.4 Å². The number of alkyl halides is 2. The summed E-state index contributed by atoms with van der Waals surface area (Å²) >= 11 is 0. The van der Waals surface area contributed by atoms with Crippen LogP contribution in [-0.2, 0) is 14.2 Å². The zero-order valence-corrected chi connectivity index (χ0v) is 14.0. The molecule has 27 heavy (non-hydrogen) atoms. The van der Waals surface area contributed by atoms with E-state index in [-0.39, 0.29) is 11.1 Å². The summed E-state index contributed by atoms with van der Waals surface area (Å²) in [5.74, 6) is -5.87. The minimum absolute atomic E-state index is 0.0576. The largest absolute Gasteiger partial charge is 0.449 e. The molecule has 1 aliphatic heterocycles. The molecule has 3 rings (SSSR count). The quantitative estimate of drug-likeness (QED) is 0.805. The first-order chi connectivity index (χ1) is 12.9. The first-order valence-electron chi connectivity index (χ1n) is 8.09. The monoisotopic (exact) mass is 378 g/mol. The van der Waals surface area contributed by atoms with E-state index >= 15 is 0 Å². The van der Waals surface area contributed by atoms with Gasteiger partial charge in [0.1, 0.15) is 6.10 Å². The Bertz CT molecular complexity index is 796. The highest BCUT2D eigenvalue weighted by molar-refractivity contribution is 5.90. The number of aliphatic hydroxyl groups excluding tert-OH is 1. The van der Waals surface area contributed by atoms with Crippen molar-refractivity contribution in [3.63, 3.8) is 0 Å². The third-order valence-corrected chi connectivity index (χ3v) is 3.98. The Hall–Kier alpha value is -2.84. The molecule has 0 radical (unpaired) electrons. The molecule has 2 aromatic rings. The van der Waals surface area contributed by atoms with Crippen LogP contribution in [0.3, 0.4) is 0 Å². The molecule has 3 unspecified atom stereocenters. The van der Waals surface area contributed by atoms with Gasteiger partial charge in [-0.2, -0.15) is 8.78 Å². The maximum Gasteiger partial charge on any atom is 0.347 e. The van der Waals surface area contributed by atoms with Crippen LogP contribution in [0, 0.1) is 0 Å². The molecule has 1 fully saturated rings. The second-order valence-corrected chi connectivity index (χ2v) is 5.83. The summed E-state index contributed by atoms with van der Waals surface area (Å²) in [6.07, 6.45) is -5.94. The lowest BCUT2D eigenvalue weighted by Gasteiger charge is -2.23. The van der Waals surface area contributed by atoms with Gasteiger partial charge in [-0.05, 0) is 24.3 Å². The first kappa shape index (κ1) is 18.9. The van der Waals surface area contributed by atoms with Crippen LogP contribution in [0.2, 0.25) is 0 Å². The molecule has 0 saturated carbocycles. The molecule has 2 aromatic carbocycles. The molecule has 0 bridgehead atoms. The fraction of sp³-hybridized carbons (Fsp3) is 0.263. The number of esters is 2. The summed E-state index contributed by atoms with van der Waals surface area (Å²) in [6, 6.07) is 15.1. The zero-order chi connectivity index (χ0) is 19.4. The number of ether oxygens (including phenoxy) is 3. The fourth-order valence-corrected chi connectivity index (χ4v) is 2.60. The summed E-state index contributed by atoms with van der Waals surface area (Å²) in [4.78, 5) is 24.1. The molecule has 0 amide bonds. The van der Waals surface area contributed by atoms with Gasteiger partial charge in [-0.3, -0.25) is 0 Å². The molecule has 0 aromatic heterocycles. The molecular weight excluding hydrogens is 362 g/mol. The second kappa shape index (κ2) is 7.81. The number of benzene rings is 2. The van der Waals surface area contributed by atoms with E-state index in [0.717, 1.165) is 0 Å². The molecule has 1 N–H and O–H groups in total. The maximum absolute atomic E-state index is 14.7. The molecule has 6 nitrogen and oxygen atoms in total. The van der Waals surface area contributed by atoms with Gasteiger partial charge in [0.05, 0.1) is 17.7 Å². The van der Waals surface area contributed by atoms with Crippen molar-refractivity contribution >= 4 is 11.9 Å². The molecule has 1 aliphatic rings. The smallest absolute Gasteiger partial charge is 0.347 e. The lowest BCUT2D eigenvalue weighted by Crippen LogP contribution is -2.45. The minimum atomic E-state index is -3.84. The van der Waals surface area contributed by atoms with Crippen molar-refractivity contribution in [3.05, 3.63) is 71.8 Å². The van der Waals surface area contributed by atoms with Crippen molar-refractivity contribution in [1.82, 2.24) is 0 Å². The molecule has 1 heterocycles. The summed E-state index contributed by atoms with van der Waals surface area (Å²) in [6.45, 7) is -0.846. The highest BCUT2D eigenvalue weighted by Crippen LogP contribution is 2.39. The van der Waals surface area contributed by atoms with Crippen molar-refractivity contribution in [2.75, 3.05) is 6.61 Å². The van der Waals surface area contributed by atoms with E-state index in [2.05, 4.69) is 0 Å². The van der Waals surface area contributed by atoms with Crippen molar-refractivity contribution < 1.29 is 37.7 Å². The normalized spacial score (nSPS) is 23.6. The average Bonchev–Trinajstić information content (AvgIpc) is 2.93. The van der Waals surface area contributed by atoms with E-state index in [1.807, 2.05) is 0 Å². The summed E-state index contributed by atoms with van der Waals surface area (Å²) < 4.78 is 43.9. The molecule has 142 valence electrons. The van der Waals surface area contributed by atoms with Gasteiger partial charge in [0.2, 0.25) is 6.10 Å². The average molecular weight is 378 g/mol. The second-order valence-electron chi connectivity index (χ2n) is 5.83. The number of carbonyl (C=O) groups excluding carboxylic acids is 2.